The lowest BCUT2D eigenvalue weighted by Crippen LogP contribution is -2.46. The van der Waals surface area contributed by atoms with Crippen LogP contribution < -0.4 is 10.1 Å². The SMILES string of the molecule is CC(C)(C)OC(=O)C[C@H](NC(=O)c1cc(OCc2ccccc2)ccc1CO[Si](C)(C)C(C)(C)C)C(=O)OC(C)(C)C. The number of rotatable bonds is 11. The number of hydrogen-bond donors (Lipinski definition) is 1. The minimum absolute atomic E-state index is 0.0244. The molecule has 0 bridgehead atoms. The molecule has 2 aromatic rings. The lowest BCUT2D eigenvalue weighted by atomic mass is 10.1. The smallest absolute Gasteiger partial charge is 0.329 e. The maximum absolute atomic E-state index is 13.8. The largest absolute Gasteiger partial charge is 0.489 e. The molecular weight excluding hydrogens is 550 g/mol. The van der Waals surface area contributed by atoms with Crippen LogP contribution in [0.15, 0.2) is 48.5 Å². The molecule has 1 amide bonds. The molecule has 0 radical (unpaired) electrons. The first-order valence-corrected chi connectivity index (χ1v) is 17.3. The summed E-state index contributed by atoms with van der Waals surface area (Å²) in [6.45, 7) is 21.6. The molecule has 1 N–H and O–H groups in total. The van der Waals surface area contributed by atoms with Gasteiger partial charge in [0.1, 0.15) is 29.6 Å². The van der Waals surface area contributed by atoms with Crippen molar-refractivity contribution < 1.29 is 33.0 Å². The number of ether oxygens (including phenoxy) is 3. The Hall–Kier alpha value is -3.17. The second-order valence-corrected chi connectivity index (χ2v) is 18.8. The van der Waals surface area contributed by atoms with E-state index >= 15 is 0 Å². The van der Waals surface area contributed by atoms with E-state index in [-0.39, 0.29) is 23.6 Å². The van der Waals surface area contributed by atoms with Gasteiger partial charge in [0.25, 0.3) is 5.91 Å². The number of hydrogen-bond acceptors (Lipinski definition) is 7. The highest BCUT2D eigenvalue weighted by atomic mass is 28.4. The van der Waals surface area contributed by atoms with Crippen LogP contribution in [0.5, 0.6) is 5.75 Å². The van der Waals surface area contributed by atoms with Gasteiger partial charge in [0, 0.05) is 5.56 Å². The molecule has 0 saturated carbocycles. The molecule has 0 unspecified atom stereocenters. The van der Waals surface area contributed by atoms with Crippen molar-refractivity contribution in [2.24, 2.45) is 0 Å². The minimum atomic E-state index is -2.14. The predicted octanol–water partition coefficient (Wildman–Crippen LogP) is 6.96. The molecule has 0 fully saturated rings. The van der Waals surface area contributed by atoms with Gasteiger partial charge in [0.05, 0.1) is 13.0 Å². The molecule has 2 rings (SSSR count). The molecule has 232 valence electrons. The highest BCUT2D eigenvalue weighted by Gasteiger charge is 2.37. The molecule has 1 atom stereocenters. The Morgan fingerprint density at radius 1 is 0.810 bits per heavy atom. The first-order valence-electron chi connectivity index (χ1n) is 14.4. The number of benzene rings is 2. The van der Waals surface area contributed by atoms with Crippen molar-refractivity contribution in [2.75, 3.05) is 0 Å². The summed E-state index contributed by atoms with van der Waals surface area (Å²) in [7, 11) is -2.14. The summed E-state index contributed by atoms with van der Waals surface area (Å²) in [6.07, 6.45) is -0.377. The van der Waals surface area contributed by atoms with Crippen LogP contribution in [0.4, 0.5) is 0 Å². The molecule has 0 saturated heterocycles. The summed E-state index contributed by atoms with van der Waals surface area (Å²) >= 11 is 0. The van der Waals surface area contributed by atoms with Crippen LogP contribution in [0.1, 0.15) is 90.2 Å². The van der Waals surface area contributed by atoms with Gasteiger partial charge in [-0.25, -0.2) is 4.79 Å². The fourth-order valence-corrected chi connectivity index (χ4v) is 4.50. The van der Waals surface area contributed by atoms with E-state index in [4.69, 9.17) is 18.6 Å². The van der Waals surface area contributed by atoms with Crippen LogP contribution in [0.2, 0.25) is 18.1 Å². The molecule has 0 aliphatic rings. The van der Waals surface area contributed by atoms with Crippen molar-refractivity contribution in [1.29, 1.82) is 0 Å². The van der Waals surface area contributed by atoms with E-state index in [1.165, 1.54) is 0 Å². The summed E-state index contributed by atoms with van der Waals surface area (Å²) in [5, 5.41) is 2.70. The molecule has 2 aromatic carbocycles. The van der Waals surface area contributed by atoms with Crippen molar-refractivity contribution in [2.45, 2.75) is 117 Å². The van der Waals surface area contributed by atoms with Crippen LogP contribution >= 0.6 is 0 Å². The minimum Gasteiger partial charge on any atom is -0.489 e. The van der Waals surface area contributed by atoms with Gasteiger partial charge in [0.15, 0.2) is 8.32 Å². The van der Waals surface area contributed by atoms with Gasteiger partial charge in [-0.1, -0.05) is 57.2 Å². The third-order valence-corrected chi connectivity index (χ3v) is 11.2. The van der Waals surface area contributed by atoms with Crippen molar-refractivity contribution in [3.05, 3.63) is 65.2 Å². The molecule has 0 spiro atoms. The fraction of sp³-hybridized carbons (Fsp3) is 0.545. The van der Waals surface area contributed by atoms with E-state index in [1.807, 2.05) is 30.3 Å². The van der Waals surface area contributed by atoms with Gasteiger partial charge in [0.2, 0.25) is 0 Å². The molecule has 0 aromatic heterocycles. The Kier molecular flexibility index (Phi) is 11.6. The molecule has 42 heavy (non-hydrogen) atoms. The standard InChI is InChI=1S/C33H49NO7Si/c1-31(2,3)40-28(35)20-27(30(37)41-32(4,5)6)34-29(36)26-19-25(38-21-23-15-13-12-14-16-23)18-17-24(26)22-39-42(10,11)33(7,8)9/h12-19,27H,20-22H2,1-11H3,(H,34,36)/t27-/m0/s1. The third-order valence-electron chi connectivity index (χ3n) is 6.76. The zero-order valence-electron chi connectivity index (χ0n) is 27.2. The van der Waals surface area contributed by atoms with Crippen LogP contribution in [0.3, 0.4) is 0 Å². The zero-order chi connectivity index (χ0) is 31.9. The van der Waals surface area contributed by atoms with E-state index in [1.54, 1.807) is 59.7 Å². The molecule has 0 aliphatic carbocycles. The van der Waals surface area contributed by atoms with E-state index in [0.717, 1.165) is 5.56 Å². The third kappa shape index (κ3) is 11.6. The summed E-state index contributed by atoms with van der Waals surface area (Å²) in [5.74, 6) is -1.41. The van der Waals surface area contributed by atoms with Crippen LogP contribution in [0.25, 0.3) is 0 Å². The Morgan fingerprint density at radius 3 is 1.95 bits per heavy atom. The van der Waals surface area contributed by atoms with E-state index in [2.05, 4.69) is 39.2 Å². The first kappa shape index (κ1) is 35.0. The maximum atomic E-state index is 13.8. The fourth-order valence-electron chi connectivity index (χ4n) is 3.55. The first-order chi connectivity index (χ1) is 19.2. The van der Waals surface area contributed by atoms with Crippen LogP contribution in [-0.2, 0) is 36.7 Å². The number of carbonyl (C=O) groups is 3. The monoisotopic (exact) mass is 599 g/mol. The quantitative estimate of drug-likeness (QED) is 0.220. The van der Waals surface area contributed by atoms with Gasteiger partial charge in [-0.3, -0.25) is 9.59 Å². The number of nitrogens with one attached hydrogen (secondary N) is 1. The lowest BCUT2D eigenvalue weighted by molar-refractivity contribution is -0.164. The number of esters is 2. The van der Waals surface area contributed by atoms with Crippen molar-refractivity contribution >= 4 is 26.2 Å². The van der Waals surface area contributed by atoms with E-state index < -0.39 is 43.4 Å². The molecule has 0 aliphatic heterocycles. The Morgan fingerprint density at radius 2 is 1.40 bits per heavy atom. The van der Waals surface area contributed by atoms with Crippen molar-refractivity contribution in [3.8, 4) is 5.75 Å². The van der Waals surface area contributed by atoms with E-state index in [9.17, 15) is 14.4 Å². The highest BCUT2D eigenvalue weighted by molar-refractivity contribution is 6.74. The summed E-state index contributed by atoms with van der Waals surface area (Å²) in [6, 6.07) is 13.7. The normalized spacial score (nSPS) is 13.2. The Bertz CT molecular complexity index is 1220. The zero-order valence-corrected chi connectivity index (χ0v) is 28.2. The molecular formula is C33H49NO7Si. The average Bonchev–Trinajstić information content (AvgIpc) is 2.83. The molecule has 8 nitrogen and oxygen atoms in total. The molecule has 9 heteroatoms. The topological polar surface area (TPSA) is 100 Å². The summed E-state index contributed by atoms with van der Waals surface area (Å²) < 4.78 is 23.4. The molecule has 0 heterocycles. The Balaban J connectivity index is 2.40. The number of carbonyl (C=O) groups excluding carboxylic acids is 3. The average molecular weight is 600 g/mol. The van der Waals surface area contributed by atoms with Crippen molar-refractivity contribution in [1.82, 2.24) is 5.32 Å². The van der Waals surface area contributed by atoms with E-state index in [0.29, 0.717) is 17.9 Å². The number of amides is 1. The van der Waals surface area contributed by atoms with Crippen LogP contribution in [0, 0.1) is 0 Å². The highest BCUT2D eigenvalue weighted by Crippen LogP contribution is 2.37. The Labute approximate surface area is 252 Å². The van der Waals surface area contributed by atoms with Gasteiger partial charge < -0.3 is 24.0 Å². The van der Waals surface area contributed by atoms with Gasteiger partial charge in [-0.2, -0.15) is 0 Å². The predicted molar refractivity (Wildman–Crippen MR) is 167 cm³/mol. The second kappa shape index (κ2) is 13.9. The van der Waals surface area contributed by atoms with Gasteiger partial charge in [-0.15, -0.1) is 0 Å². The van der Waals surface area contributed by atoms with Crippen LogP contribution in [-0.4, -0.2) is 43.4 Å². The summed E-state index contributed by atoms with van der Waals surface area (Å²) in [4.78, 5) is 39.6. The maximum Gasteiger partial charge on any atom is 0.329 e. The van der Waals surface area contributed by atoms with Gasteiger partial charge >= 0.3 is 11.9 Å². The lowest BCUT2D eigenvalue weighted by Gasteiger charge is -2.36. The van der Waals surface area contributed by atoms with Crippen molar-refractivity contribution in [3.63, 3.8) is 0 Å². The van der Waals surface area contributed by atoms with Gasteiger partial charge in [-0.05, 0) is 82.9 Å². The second-order valence-electron chi connectivity index (χ2n) is 14.0. The summed E-state index contributed by atoms with van der Waals surface area (Å²) in [5.41, 5.74) is 0.345.